The minimum Gasteiger partial charge on any atom is -0.491 e. The molecule has 0 spiro atoms. The predicted octanol–water partition coefficient (Wildman–Crippen LogP) is 4.50. The molecule has 4 heteroatoms. The number of nitriles is 1. The largest absolute Gasteiger partial charge is 0.491 e. The van der Waals surface area contributed by atoms with Crippen molar-refractivity contribution in [3.05, 3.63) is 59.9 Å². The smallest absolute Gasteiger partial charge is 0.120 e. The number of ether oxygens (including phenoxy) is 1. The Bertz CT molecular complexity index is 687. The van der Waals surface area contributed by atoms with Crippen LogP contribution < -0.4 is 4.74 Å². The summed E-state index contributed by atoms with van der Waals surface area (Å²) in [5.74, 6) is 0.726. The molecule has 0 saturated carbocycles. The highest BCUT2D eigenvalue weighted by Crippen LogP contribution is 2.30. The van der Waals surface area contributed by atoms with Crippen LogP contribution in [-0.2, 0) is 0 Å². The topological polar surface area (TPSA) is 45.9 Å². The second-order valence-electron chi connectivity index (χ2n) is 4.74. The fourth-order valence-corrected chi connectivity index (χ4v) is 2.14. The Labute approximate surface area is 129 Å². The van der Waals surface area contributed by atoms with Gasteiger partial charge in [-0.3, -0.25) is 4.98 Å². The van der Waals surface area contributed by atoms with E-state index in [1.165, 1.54) is 0 Å². The van der Waals surface area contributed by atoms with Crippen LogP contribution in [0.3, 0.4) is 0 Å². The van der Waals surface area contributed by atoms with Crippen LogP contribution in [0.15, 0.2) is 48.8 Å². The maximum absolute atomic E-state index is 9.37. The van der Waals surface area contributed by atoms with Crippen molar-refractivity contribution in [2.45, 2.75) is 20.0 Å². The summed E-state index contributed by atoms with van der Waals surface area (Å²) >= 11 is 6.39. The Kier molecular flexibility index (Phi) is 4.97. The van der Waals surface area contributed by atoms with Gasteiger partial charge in [0.05, 0.1) is 16.7 Å². The highest BCUT2D eigenvalue weighted by molar-refractivity contribution is 6.53. The third-order valence-electron chi connectivity index (χ3n) is 2.74. The van der Waals surface area contributed by atoms with Gasteiger partial charge in [0.25, 0.3) is 0 Å². The van der Waals surface area contributed by atoms with Gasteiger partial charge >= 0.3 is 0 Å². The first-order valence-corrected chi connectivity index (χ1v) is 6.97. The van der Waals surface area contributed by atoms with E-state index in [9.17, 15) is 5.26 Å². The molecular weight excluding hydrogens is 284 g/mol. The number of nitrogens with zero attached hydrogens (tertiary/aromatic N) is 2. The summed E-state index contributed by atoms with van der Waals surface area (Å²) in [6, 6.07) is 13.1. The lowest BCUT2D eigenvalue weighted by Gasteiger charge is -2.11. The van der Waals surface area contributed by atoms with Gasteiger partial charge in [0, 0.05) is 18.0 Å². The van der Waals surface area contributed by atoms with Crippen LogP contribution in [0.1, 0.15) is 25.0 Å². The molecule has 0 aliphatic carbocycles. The Morgan fingerprint density at radius 2 is 2.00 bits per heavy atom. The van der Waals surface area contributed by atoms with Crippen molar-refractivity contribution in [2.24, 2.45) is 0 Å². The van der Waals surface area contributed by atoms with Gasteiger partial charge in [-0.1, -0.05) is 29.8 Å². The monoisotopic (exact) mass is 298 g/mol. The Hall–Kier alpha value is -2.31. The zero-order valence-electron chi connectivity index (χ0n) is 11.9. The number of halogens is 1. The van der Waals surface area contributed by atoms with E-state index in [2.05, 4.69) is 11.1 Å². The van der Waals surface area contributed by atoms with Gasteiger partial charge in [-0.2, -0.15) is 5.26 Å². The van der Waals surface area contributed by atoms with Crippen molar-refractivity contribution >= 4 is 22.2 Å². The van der Waals surface area contributed by atoms with Crippen LogP contribution in [0.4, 0.5) is 0 Å². The molecular formula is C17H15ClN2O. The van der Waals surface area contributed by atoms with Crippen molar-refractivity contribution in [1.29, 1.82) is 5.26 Å². The van der Waals surface area contributed by atoms with E-state index in [0.717, 1.165) is 11.3 Å². The van der Waals surface area contributed by atoms with Gasteiger partial charge in [0.15, 0.2) is 0 Å². The molecule has 0 unspecified atom stereocenters. The van der Waals surface area contributed by atoms with Crippen LogP contribution in [-0.4, -0.2) is 11.1 Å². The van der Waals surface area contributed by atoms with Crippen molar-refractivity contribution in [3.63, 3.8) is 0 Å². The van der Waals surface area contributed by atoms with Crippen LogP contribution in [0.25, 0.3) is 10.6 Å². The van der Waals surface area contributed by atoms with Gasteiger partial charge in [-0.05, 0) is 37.6 Å². The number of rotatable bonds is 4. The Balaban J connectivity index is 2.44. The van der Waals surface area contributed by atoms with E-state index >= 15 is 0 Å². The fraction of sp³-hybridized carbons (Fsp3) is 0.176. The van der Waals surface area contributed by atoms with Gasteiger partial charge in [-0.25, -0.2) is 0 Å². The fourth-order valence-electron chi connectivity index (χ4n) is 1.87. The molecule has 1 aromatic heterocycles. The number of hydrogen-bond acceptors (Lipinski definition) is 3. The molecule has 0 fully saturated rings. The molecule has 0 atom stereocenters. The van der Waals surface area contributed by atoms with E-state index in [1.807, 2.05) is 44.2 Å². The number of aromatic nitrogens is 1. The van der Waals surface area contributed by atoms with E-state index < -0.39 is 0 Å². The van der Waals surface area contributed by atoms with Crippen LogP contribution in [0, 0.1) is 11.3 Å². The number of allylic oxidation sites excluding steroid dienone is 1. The zero-order valence-corrected chi connectivity index (χ0v) is 12.6. The molecule has 0 N–H and O–H groups in total. The average molecular weight is 299 g/mol. The van der Waals surface area contributed by atoms with Crippen molar-refractivity contribution < 1.29 is 4.74 Å². The maximum atomic E-state index is 9.37. The SMILES string of the molecule is CC(C)Oc1cccc(/C(Cl)=C(/C#N)c2cccnc2)c1. The molecule has 0 bridgehead atoms. The van der Waals surface area contributed by atoms with Crippen LogP contribution in [0.2, 0.25) is 0 Å². The second-order valence-corrected chi connectivity index (χ2v) is 5.11. The Morgan fingerprint density at radius 3 is 2.62 bits per heavy atom. The normalized spacial score (nSPS) is 11.8. The molecule has 1 heterocycles. The summed E-state index contributed by atoms with van der Waals surface area (Å²) in [6.45, 7) is 3.92. The highest BCUT2D eigenvalue weighted by Gasteiger charge is 2.10. The van der Waals surface area contributed by atoms with Gasteiger partial charge in [0.1, 0.15) is 11.8 Å². The third kappa shape index (κ3) is 3.84. The van der Waals surface area contributed by atoms with E-state index in [0.29, 0.717) is 16.2 Å². The van der Waals surface area contributed by atoms with Crippen LogP contribution in [0.5, 0.6) is 5.75 Å². The summed E-state index contributed by atoms with van der Waals surface area (Å²) < 4.78 is 5.65. The first kappa shape index (κ1) is 15.1. The molecule has 0 radical (unpaired) electrons. The molecule has 2 rings (SSSR count). The van der Waals surface area contributed by atoms with E-state index in [-0.39, 0.29) is 6.10 Å². The molecule has 0 aliphatic heterocycles. The molecule has 0 saturated heterocycles. The lowest BCUT2D eigenvalue weighted by molar-refractivity contribution is 0.242. The first-order chi connectivity index (χ1) is 10.1. The molecule has 1 aromatic carbocycles. The highest BCUT2D eigenvalue weighted by atomic mass is 35.5. The predicted molar refractivity (Wildman–Crippen MR) is 84.7 cm³/mol. The standard InChI is InChI=1S/C17H15ClN2O/c1-12(2)21-15-7-3-5-13(9-15)17(18)16(10-19)14-6-4-8-20-11-14/h3-9,11-12H,1-2H3/b17-16+. The molecule has 0 aliphatic rings. The van der Waals surface area contributed by atoms with E-state index in [1.54, 1.807) is 18.5 Å². The molecule has 106 valence electrons. The summed E-state index contributed by atoms with van der Waals surface area (Å²) in [6.07, 6.45) is 3.36. The lowest BCUT2D eigenvalue weighted by Crippen LogP contribution is -2.05. The minimum atomic E-state index is 0.0803. The second kappa shape index (κ2) is 6.92. The van der Waals surface area contributed by atoms with Crippen molar-refractivity contribution in [3.8, 4) is 11.8 Å². The molecule has 2 aromatic rings. The number of benzene rings is 1. The summed E-state index contributed by atoms with van der Waals surface area (Å²) in [5.41, 5.74) is 1.84. The van der Waals surface area contributed by atoms with Crippen LogP contribution >= 0.6 is 11.6 Å². The van der Waals surface area contributed by atoms with Crippen molar-refractivity contribution in [1.82, 2.24) is 4.98 Å². The van der Waals surface area contributed by atoms with E-state index in [4.69, 9.17) is 16.3 Å². The van der Waals surface area contributed by atoms with Crippen molar-refractivity contribution in [2.75, 3.05) is 0 Å². The number of pyridine rings is 1. The van der Waals surface area contributed by atoms with Gasteiger partial charge < -0.3 is 4.74 Å². The van der Waals surface area contributed by atoms with Gasteiger partial charge in [-0.15, -0.1) is 0 Å². The molecule has 3 nitrogen and oxygen atoms in total. The first-order valence-electron chi connectivity index (χ1n) is 6.59. The summed E-state index contributed by atoms with van der Waals surface area (Å²) in [7, 11) is 0. The Morgan fingerprint density at radius 1 is 1.24 bits per heavy atom. The summed E-state index contributed by atoms with van der Waals surface area (Å²) in [5, 5.41) is 9.76. The molecule has 0 amide bonds. The quantitative estimate of drug-likeness (QED) is 0.781. The minimum absolute atomic E-state index is 0.0803. The van der Waals surface area contributed by atoms with Gasteiger partial charge in [0.2, 0.25) is 0 Å². The number of hydrogen-bond donors (Lipinski definition) is 0. The molecule has 21 heavy (non-hydrogen) atoms. The zero-order chi connectivity index (χ0) is 15.2. The lowest BCUT2D eigenvalue weighted by atomic mass is 10.1. The third-order valence-corrected chi connectivity index (χ3v) is 3.15. The average Bonchev–Trinajstić information content (AvgIpc) is 2.48. The maximum Gasteiger partial charge on any atom is 0.120 e. The summed E-state index contributed by atoms with van der Waals surface area (Å²) in [4.78, 5) is 4.02.